The number of fused-ring (bicyclic) bond motifs is 1. The third kappa shape index (κ3) is 3.69. The lowest BCUT2D eigenvalue weighted by Crippen LogP contribution is -2.13. The number of amides is 1. The second-order valence-corrected chi connectivity index (χ2v) is 7.02. The minimum Gasteiger partial charge on any atom is -0.321 e. The Balaban J connectivity index is 1.45. The van der Waals surface area contributed by atoms with Crippen LogP contribution in [0, 0.1) is 11.6 Å². The molecule has 0 bridgehead atoms. The number of pyridine rings is 1. The molecule has 0 aliphatic rings. The molecule has 0 saturated carbocycles. The molecule has 3 aromatic heterocycles. The maximum Gasteiger partial charge on any atom is 0.276 e. The molecule has 5 aromatic rings. The molecule has 5 nitrogen and oxygen atoms in total. The summed E-state index contributed by atoms with van der Waals surface area (Å²) >= 11 is 0. The standard InChI is InChI=1S/C24H16F2N4O/c25-18-4-1-16(2-5-18)17-3-10-21-11-12-23(29(21)15-17)30-14-13-22(28-30)24(31)27-20-8-6-19(26)7-9-20/h1-15H,(H,27,31). The van der Waals surface area contributed by atoms with Crippen molar-refractivity contribution >= 4 is 17.1 Å². The Morgan fingerprint density at radius 3 is 2.16 bits per heavy atom. The van der Waals surface area contributed by atoms with Gasteiger partial charge in [-0.3, -0.25) is 4.79 Å². The number of carbonyl (C=O) groups is 1. The molecule has 1 amide bonds. The van der Waals surface area contributed by atoms with E-state index in [0.29, 0.717) is 5.69 Å². The van der Waals surface area contributed by atoms with Gasteiger partial charge in [-0.1, -0.05) is 18.2 Å². The van der Waals surface area contributed by atoms with Gasteiger partial charge in [-0.25, -0.2) is 13.5 Å². The highest BCUT2D eigenvalue weighted by Gasteiger charge is 2.13. The van der Waals surface area contributed by atoms with Crippen LogP contribution in [0.15, 0.2) is 91.3 Å². The van der Waals surface area contributed by atoms with Gasteiger partial charge in [0.25, 0.3) is 5.91 Å². The maximum atomic E-state index is 13.2. The minimum absolute atomic E-state index is 0.231. The van der Waals surface area contributed by atoms with Crippen molar-refractivity contribution in [1.29, 1.82) is 0 Å². The molecule has 0 atom stereocenters. The predicted molar refractivity (Wildman–Crippen MR) is 114 cm³/mol. The van der Waals surface area contributed by atoms with Gasteiger partial charge in [0, 0.05) is 23.6 Å². The van der Waals surface area contributed by atoms with Crippen LogP contribution in [0.1, 0.15) is 10.5 Å². The van der Waals surface area contributed by atoms with Crippen LogP contribution in [-0.2, 0) is 0 Å². The SMILES string of the molecule is O=C(Nc1ccc(F)cc1)c1ccn(-c2ccc3ccc(-c4ccc(F)cc4)cn23)n1. The highest BCUT2D eigenvalue weighted by molar-refractivity contribution is 6.02. The molecule has 3 heterocycles. The molecule has 31 heavy (non-hydrogen) atoms. The van der Waals surface area contributed by atoms with Crippen molar-refractivity contribution in [3.63, 3.8) is 0 Å². The van der Waals surface area contributed by atoms with Gasteiger partial charge < -0.3 is 9.72 Å². The number of hydrogen-bond donors (Lipinski definition) is 1. The highest BCUT2D eigenvalue weighted by atomic mass is 19.1. The van der Waals surface area contributed by atoms with E-state index in [1.54, 1.807) is 29.1 Å². The van der Waals surface area contributed by atoms with Crippen LogP contribution in [0.3, 0.4) is 0 Å². The number of rotatable bonds is 4. The quantitative estimate of drug-likeness (QED) is 0.433. The summed E-state index contributed by atoms with van der Waals surface area (Å²) in [5.41, 5.74) is 3.48. The summed E-state index contributed by atoms with van der Waals surface area (Å²) in [5.74, 6) is -0.296. The first-order valence-electron chi connectivity index (χ1n) is 9.57. The molecular weight excluding hydrogens is 398 g/mol. The molecule has 0 radical (unpaired) electrons. The Bertz CT molecular complexity index is 1390. The van der Waals surface area contributed by atoms with Gasteiger partial charge in [-0.2, -0.15) is 5.10 Å². The van der Waals surface area contributed by atoms with Gasteiger partial charge in [0.05, 0.1) is 0 Å². The first-order valence-corrected chi connectivity index (χ1v) is 9.57. The fourth-order valence-corrected chi connectivity index (χ4v) is 3.39. The fourth-order valence-electron chi connectivity index (χ4n) is 3.39. The van der Waals surface area contributed by atoms with Gasteiger partial charge >= 0.3 is 0 Å². The largest absolute Gasteiger partial charge is 0.321 e. The summed E-state index contributed by atoms with van der Waals surface area (Å²) in [4.78, 5) is 12.5. The topological polar surface area (TPSA) is 51.3 Å². The fraction of sp³-hybridized carbons (Fsp3) is 0. The number of hydrogen-bond acceptors (Lipinski definition) is 2. The zero-order chi connectivity index (χ0) is 21.4. The normalized spacial score (nSPS) is 11.0. The number of benzene rings is 2. The summed E-state index contributed by atoms with van der Waals surface area (Å²) in [6.45, 7) is 0. The number of carbonyl (C=O) groups excluding carboxylic acids is 1. The third-order valence-corrected chi connectivity index (χ3v) is 4.97. The van der Waals surface area contributed by atoms with Crippen molar-refractivity contribution in [2.45, 2.75) is 0 Å². The third-order valence-electron chi connectivity index (χ3n) is 4.97. The van der Waals surface area contributed by atoms with Crippen LogP contribution < -0.4 is 5.32 Å². The molecule has 152 valence electrons. The molecule has 0 saturated heterocycles. The number of nitrogens with one attached hydrogen (secondary N) is 1. The van der Waals surface area contributed by atoms with E-state index in [0.717, 1.165) is 22.5 Å². The molecular formula is C24H16F2N4O. The van der Waals surface area contributed by atoms with E-state index >= 15 is 0 Å². The zero-order valence-corrected chi connectivity index (χ0v) is 16.2. The summed E-state index contributed by atoms with van der Waals surface area (Å²) in [5, 5.41) is 7.09. The van der Waals surface area contributed by atoms with Crippen molar-refractivity contribution in [3.05, 3.63) is 109 Å². The van der Waals surface area contributed by atoms with Crippen LogP contribution >= 0.6 is 0 Å². The number of halogens is 2. The number of nitrogens with zero attached hydrogens (tertiary/aromatic N) is 3. The summed E-state index contributed by atoms with van der Waals surface area (Å²) in [7, 11) is 0. The van der Waals surface area contributed by atoms with Crippen molar-refractivity contribution in [2.75, 3.05) is 5.32 Å². The molecule has 5 rings (SSSR count). The van der Waals surface area contributed by atoms with Crippen LogP contribution in [0.2, 0.25) is 0 Å². The van der Waals surface area contributed by atoms with E-state index in [4.69, 9.17) is 0 Å². The summed E-state index contributed by atoms with van der Waals surface area (Å²) in [6, 6.07) is 21.2. The van der Waals surface area contributed by atoms with E-state index in [1.165, 1.54) is 36.4 Å². The zero-order valence-electron chi connectivity index (χ0n) is 16.2. The first-order chi connectivity index (χ1) is 15.1. The number of aromatic nitrogens is 3. The smallest absolute Gasteiger partial charge is 0.276 e. The Hall–Kier alpha value is -4.26. The second kappa shape index (κ2) is 7.53. The van der Waals surface area contributed by atoms with E-state index in [-0.39, 0.29) is 17.3 Å². The lowest BCUT2D eigenvalue weighted by Gasteiger charge is -2.07. The summed E-state index contributed by atoms with van der Waals surface area (Å²) < 4.78 is 29.9. The van der Waals surface area contributed by atoms with Gasteiger partial charge in [-0.15, -0.1) is 0 Å². The van der Waals surface area contributed by atoms with Gasteiger partial charge in [0.1, 0.15) is 17.5 Å². The van der Waals surface area contributed by atoms with E-state index in [9.17, 15) is 13.6 Å². The van der Waals surface area contributed by atoms with Gasteiger partial charge in [0.2, 0.25) is 0 Å². The molecule has 0 aliphatic carbocycles. The highest BCUT2D eigenvalue weighted by Crippen LogP contribution is 2.23. The molecule has 0 unspecified atom stereocenters. The average molecular weight is 414 g/mol. The van der Waals surface area contributed by atoms with Crippen molar-refractivity contribution < 1.29 is 13.6 Å². The Morgan fingerprint density at radius 1 is 0.774 bits per heavy atom. The Kier molecular flexibility index (Phi) is 4.55. The van der Waals surface area contributed by atoms with Crippen LogP contribution in [0.4, 0.5) is 14.5 Å². The Morgan fingerprint density at radius 2 is 1.42 bits per heavy atom. The van der Waals surface area contributed by atoms with Crippen LogP contribution in [-0.4, -0.2) is 20.1 Å². The molecule has 2 aromatic carbocycles. The molecule has 0 aliphatic heterocycles. The van der Waals surface area contributed by atoms with Crippen LogP contribution in [0.25, 0.3) is 22.5 Å². The van der Waals surface area contributed by atoms with Crippen LogP contribution in [0.5, 0.6) is 0 Å². The molecule has 7 heteroatoms. The molecule has 0 fully saturated rings. The van der Waals surface area contributed by atoms with Crippen molar-refractivity contribution in [1.82, 2.24) is 14.2 Å². The lowest BCUT2D eigenvalue weighted by molar-refractivity contribution is 0.102. The summed E-state index contributed by atoms with van der Waals surface area (Å²) in [6.07, 6.45) is 3.64. The minimum atomic E-state index is -0.391. The predicted octanol–water partition coefficient (Wildman–Crippen LogP) is 5.32. The van der Waals surface area contributed by atoms with E-state index in [1.807, 2.05) is 34.9 Å². The Labute approximate surface area is 176 Å². The van der Waals surface area contributed by atoms with Gasteiger partial charge in [-0.05, 0) is 71.8 Å². The average Bonchev–Trinajstić information content (AvgIpc) is 3.42. The maximum absolute atomic E-state index is 13.2. The van der Waals surface area contributed by atoms with Crippen molar-refractivity contribution in [3.8, 4) is 16.9 Å². The molecule has 0 spiro atoms. The first kappa shape index (κ1) is 18.7. The van der Waals surface area contributed by atoms with Gasteiger partial charge in [0.15, 0.2) is 5.69 Å². The van der Waals surface area contributed by atoms with E-state index < -0.39 is 5.91 Å². The molecule has 1 N–H and O–H groups in total. The monoisotopic (exact) mass is 414 g/mol. The number of anilines is 1. The van der Waals surface area contributed by atoms with E-state index in [2.05, 4.69) is 10.4 Å². The van der Waals surface area contributed by atoms with Crippen molar-refractivity contribution in [2.24, 2.45) is 0 Å². The lowest BCUT2D eigenvalue weighted by atomic mass is 10.1. The second-order valence-electron chi connectivity index (χ2n) is 7.02.